The van der Waals surface area contributed by atoms with E-state index in [4.69, 9.17) is 4.74 Å². The Morgan fingerprint density at radius 2 is 2.25 bits per heavy atom. The van der Waals surface area contributed by atoms with Crippen molar-refractivity contribution in [3.63, 3.8) is 0 Å². The summed E-state index contributed by atoms with van der Waals surface area (Å²) in [5.74, 6) is 1.72. The van der Waals surface area contributed by atoms with Gasteiger partial charge in [-0.2, -0.15) is 0 Å². The monoisotopic (exact) mass is 218 g/mol. The van der Waals surface area contributed by atoms with Crippen LogP contribution >= 0.6 is 0 Å². The molecular formula is C14H18O2. The molecule has 1 aromatic carbocycles. The van der Waals surface area contributed by atoms with Crippen LogP contribution in [0, 0.1) is 5.92 Å². The standard InChI is InChI=1S/C14H18O2/c1-2-3-13-8-12(9-15)6-7-14(13)16-10-11-4-5-11/h6-9,11H,2-5,10H2,1H3. The molecule has 0 aromatic heterocycles. The molecule has 2 rings (SSSR count). The normalized spacial score (nSPS) is 14.8. The summed E-state index contributed by atoms with van der Waals surface area (Å²) in [4.78, 5) is 10.7. The highest BCUT2D eigenvalue weighted by atomic mass is 16.5. The molecule has 0 saturated heterocycles. The van der Waals surface area contributed by atoms with E-state index in [-0.39, 0.29) is 0 Å². The highest BCUT2D eigenvalue weighted by Crippen LogP contribution is 2.30. The van der Waals surface area contributed by atoms with Crippen LogP contribution in [0.3, 0.4) is 0 Å². The van der Waals surface area contributed by atoms with Gasteiger partial charge in [-0.05, 0) is 48.9 Å². The summed E-state index contributed by atoms with van der Waals surface area (Å²) in [6.07, 6.45) is 5.54. The summed E-state index contributed by atoms with van der Waals surface area (Å²) in [6.45, 7) is 2.97. The molecule has 1 fully saturated rings. The van der Waals surface area contributed by atoms with Crippen molar-refractivity contribution in [2.24, 2.45) is 5.92 Å². The van der Waals surface area contributed by atoms with Gasteiger partial charge in [0.15, 0.2) is 0 Å². The quantitative estimate of drug-likeness (QED) is 0.685. The Morgan fingerprint density at radius 1 is 1.44 bits per heavy atom. The van der Waals surface area contributed by atoms with Crippen molar-refractivity contribution in [3.8, 4) is 5.75 Å². The molecule has 0 radical (unpaired) electrons. The fourth-order valence-corrected chi connectivity index (χ4v) is 1.77. The van der Waals surface area contributed by atoms with E-state index in [1.165, 1.54) is 12.8 Å². The van der Waals surface area contributed by atoms with Gasteiger partial charge >= 0.3 is 0 Å². The molecule has 1 aliphatic carbocycles. The van der Waals surface area contributed by atoms with Gasteiger partial charge in [-0.25, -0.2) is 0 Å². The zero-order valence-corrected chi connectivity index (χ0v) is 9.74. The zero-order valence-electron chi connectivity index (χ0n) is 9.74. The second-order valence-corrected chi connectivity index (χ2v) is 4.49. The van der Waals surface area contributed by atoms with Crippen LogP contribution in [0.4, 0.5) is 0 Å². The van der Waals surface area contributed by atoms with Gasteiger partial charge in [0, 0.05) is 5.56 Å². The van der Waals surface area contributed by atoms with E-state index in [1.54, 1.807) is 0 Å². The second kappa shape index (κ2) is 5.15. The maximum absolute atomic E-state index is 10.7. The van der Waals surface area contributed by atoms with Crippen molar-refractivity contribution in [1.82, 2.24) is 0 Å². The molecule has 0 aliphatic heterocycles. The Balaban J connectivity index is 2.09. The third kappa shape index (κ3) is 2.84. The zero-order chi connectivity index (χ0) is 11.4. The highest BCUT2D eigenvalue weighted by Gasteiger charge is 2.22. The fourth-order valence-electron chi connectivity index (χ4n) is 1.77. The van der Waals surface area contributed by atoms with Gasteiger partial charge in [0.25, 0.3) is 0 Å². The summed E-state index contributed by atoms with van der Waals surface area (Å²) in [5, 5.41) is 0. The van der Waals surface area contributed by atoms with Crippen LogP contribution in [0.25, 0.3) is 0 Å². The molecule has 2 nitrogen and oxygen atoms in total. The largest absolute Gasteiger partial charge is 0.493 e. The number of rotatable bonds is 6. The third-order valence-corrected chi connectivity index (χ3v) is 2.91. The number of aryl methyl sites for hydroxylation is 1. The number of hydrogen-bond donors (Lipinski definition) is 0. The summed E-state index contributed by atoms with van der Waals surface area (Å²) >= 11 is 0. The van der Waals surface area contributed by atoms with E-state index in [0.717, 1.165) is 48.5 Å². The average molecular weight is 218 g/mol. The molecule has 0 bridgehead atoms. The number of ether oxygens (including phenoxy) is 1. The van der Waals surface area contributed by atoms with Crippen LogP contribution in [-0.4, -0.2) is 12.9 Å². The number of carbonyl (C=O) groups excluding carboxylic acids is 1. The minimum absolute atomic E-state index is 0.738. The number of aldehydes is 1. The van der Waals surface area contributed by atoms with Crippen molar-refractivity contribution < 1.29 is 9.53 Å². The average Bonchev–Trinajstić information content (AvgIpc) is 3.11. The number of carbonyl (C=O) groups is 1. The summed E-state index contributed by atoms with van der Waals surface area (Å²) in [7, 11) is 0. The van der Waals surface area contributed by atoms with Gasteiger partial charge in [-0.15, -0.1) is 0 Å². The summed E-state index contributed by atoms with van der Waals surface area (Å²) < 4.78 is 5.80. The van der Waals surface area contributed by atoms with Crippen LogP contribution in [0.1, 0.15) is 42.1 Å². The summed E-state index contributed by atoms with van der Waals surface area (Å²) in [5.41, 5.74) is 1.90. The van der Waals surface area contributed by atoms with Crippen LogP contribution in [0.15, 0.2) is 18.2 Å². The third-order valence-electron chi connectivity index (χ3n) is 2.91. The van der Waals surface area contributed by atoms with Crippen molar-refractivity contribution in [2.75, 3.05) is 6.61 Å². The molecule has 0 N–H and O–H groups in total. The lowest BCUT2D eigenvalue weighted by atomic mass is 10.1. The Morgan fingerprint density at radius 3 is 2.88 bits per heavy atom. The van der Waals surface area contributed by atoms with E-state index in [0.29, 0.717) is 0 Å². The lowest BCUT2D eigenvalue weighted by Crippen LogP contribution is -2.02. The molecule has 1 aliphatic rings. The molecule has 1 saturated carbocycles. The number of benzene rings is 1. The van der Waals surface area contributed by atoms with Gasteiger partial charge in [-0.3, -0.25) is 4.79 Å². The lowest BCUT2D eigenvalue weighted by molar-refractivity contribution is 0.112. The first-order chi connectivity index (χ1) is 7.83. The van der Waals surface area contributed by atoms with Crippen LogP contribution in [0.2, 0.25) is 0 Å². The van der Waals surface area contributed by atoms with Crippen molar-refractivity contribution >= 4 is 6.29 Å². The summed E-state index contributed by atoms with van der Waals surface area (Å²) in [6, 6.07) is 5.70. The minimum Gasteiger partial charge on any atom is -0.493 e. The molecular weight excluding hydrogens is 200 g/mol. The Labute approximate surface area is 96.6 Å². The first-order valence-corrected chi connectivity index (χ1v) is 6.04. The molecule has 0 atom stereocenters. The van der Waals surface area contributed by atoms with Crippen molar-refractivity contribution in [2.45, 2.75) is 32.6 Å². The highest BCUT2D eigenvalue weighted by molar-refractivity contribution is 5.75. The van der Waals surface area contributed by atoms with Crippen molar-refractivity contribution in [3.05, 3.63) is 29.3 Å². The maximum atomic E-state index is 10.7. The van der Waals surface area contributed by atoms with Crippen LogP contribution in [-0.2, 0) is 6.42 Å². The second-order valence-electron chi connectivity index (χ2n) is 4.49. The smallest absolute Gasteiger partial charge is 0.150 e. The minimum atomic E-state index is 0.738. The molecule has 16 heavy (non-hydrogen) atoms. The van der Waals surface area contributed by atoms with Crippen LogP contribution < -0.4 is 4.74 Å². The lowest BCUT2D eigenvalue weighted by Gasteiger charge is -2.11. The molecule has 0 spiro atoms. The van der Waals surface area contributed by atoms with Crippen LogP contribution in [0.5, 0.6) is 5.75 Å². The topological polar surface area (TPSA) is 26.3 Å². The predicted octanol–water partition coefficient (Wildman–Crippen LogP) is 3.24. The van der Waals surface area contributed by atoms with Gasteiger partial charge < -0.3 is 4.74 Å². The SMILES string of the molecule is CCCc1cc(C=O)ccc1OCC1CC1. The molecule has 0 amide bonds. The molecule has 86 valence electrons. The first-order valence-electron chi connectivity index (χ1n) is 6.04. The fraction of sp³-hybridized carbons (Fsp3) is 0.500. The van der Waals surface area contributed by atoms with Gasteiger partial charge in [0.2, 0.25) is 0 Å². The van der Waals surface area contributed by atoms with Gasteiger partial charge in [0.05, 0.1) is 6.61 Å². The van der Waals surface area contributed by atoms with E-state index in [2.05, 4.69) is 6.92 Å². The maximum Gasteiger partial charge on any atom is 0.150 e. The van der Waals surface area contributed by atoms with E-state index >= 15 is 0 Å². The Hall–Kier alpha value is -1.31. The Kier molecular flexibility index (Phi) is 3.60. The number of hydrogen-bond acceptors (Lipinski definition) is 2. The Bertz CT molecular complexity index is 367. The van der Waals surface area contributed by atoms with Gasteiger partial charge in [0.1, 0.15) is 12.0 Å². The van der Waals surface area contributed by atoms with Gasteiger partial charge in [-0.1, -0.05) is 13.3 Å². The molecule has 0 heterocycles. The van der Waals surface area contributed by atoms with E-state index in [9.17, 15) is 4.79 Å². The predicted molar refractivity (Wildman–Crippen MR) is 64.0 cm³/mol. The van der Waals surface area contributed by atoms with E-state index in [1.807, 2.05) is 18.2 Å². The molecule has 0 unspecified atom stereocenters. The van der Waals surface area contributed by atoms with E-state index < -0.39 is 0 Å². The first kappa shape index (κ1) is 11.2. The van der Waals surface area contributed by atoms with Crippen molar-refractivity contribution in [1.29, 1.82) is 0 Å². The molecule has 2 heteroatoms. The molecule has 1 aromatic rings.